The molecular weight excluding hydrogens is 407 g/mol. The molecule has 152 valence electrons. The summed E-state index contributed by atoms with van der Waals surface area (Å²) in [7, 11) is 0. The monoisotopic (exact) mass is 430 g/mol. The van der Waals surface area contributed by atoms with Crippen LogP contribution in [-0.4, -0.2) is 21.0 Å². The number of hydrogen-bond donors (Lipinski definition) is 1. The molecule has 4 nitrogen and oxygen atoms in total. The van der Waals surface area contributed by atoms with E-state index in [0.29, 0.717) is 22.5 Å². The third kappa shape index (κ3) is 4.59. The van der Waals surface area contributed by atoms with Gasteiger partial charge in [-0.15, -0.1) is 16.9 Å². The number of halogens is 2. The fraction of sp³-hybridized carbons (Fsp3) is 0.364. The third-order valence-electron chi connectivity index (χ3n) is 5.32. The number of nitrogens with zero attached hydrogens (tertiary/aromatic N) is 3. The summed E-state index contributed by atoms with van der Waals surface area (Å²) in [4.78, 5) is 5.68. The SMILES string of the molecule is CSc1ccc(-n2nc(NC(CC3CC3)c3ccc(C)c(F)c3)nc2C)c(Cl)c1. The van der Waals surface area contributed by atoms with Crippen LogP contribution >= 0.6 is 23.4 Å². The molecule has 1 aliphatic rings. The number of benzene rings is 2. The minimum Gasteiger partial charge on any atom is -0.346 e. The summed E-state index contributed by atoms with van der Waals surface area (Å²) >= 11 is 8.11. The summed E-state index contributed by atoms with van der Waals surface area (Å²) in [5.74, 6) is 1.76. The van der Waals surface area contributed by atoms with Crippen molar-refractivity contribution in [2.75, 3.05) is 11.6 Å². The van der Waals surface area contributed by atoms with Crippen LogP contribution < -0.4 is 5.32 Å². The Kier molecular flexibility index (Phi) is 5.83. The smallest absolute Gasteiger partial charge is 0.243 e. The maximum absolute atomic E-state index is 14.1. The molecule has 0 amide bonds. The van der Waals surface area contributed by atoms with Gasteiger partial charge < -0.3 is 5.32 Å². The van der Waals surface area contributed by atoms with E-state index in [1.165, 1.54) is 12.8 Å². The lowest BCUT2D eigenvalue weighted by Crippen LogP contribution is -2.13. The molecule has 1 aliphatic carbocycles. The number of hydrogen-bond acceptors (Lipinski definition) is 4. The minimum absolute atomic E-state index is 0.0258. The van der Waals surface area contributed by atoms with Crippen molar-refractivity contribution in [2.45, 2.75) is 44.0 Å². The molecule has 2 aromatic carbocycles. The van der Waals surface area contributed by atoms with Crippen LogP contribution in [0.2, 0.25) is 5.02 Å². The Bertz CT molecular complexity index is 1030. The summed E-state index contributed by atoms with van der Waals surface area (Å²) in [5.41, 5.74) is 2.37. The van der Waals surface area contributed by atoms with Crippen molar-refractivity contribution < 1.29 is 4.39 Å². The first kappa shape index (κ1) is 20.2. The van der Waals surface area contributed by atoms with Gasteiger partial charge in [0.25, 0.3) is 0 Å². The van der Waals surface area contributed by atoms with E-state index in [0.717, 1.165) is 28.4 Å². The zero-order chi connectivity index (χ0) is 20.5. The van der Waals surface area contributed by atoms with Crippen LogP contribution in [0.4, 0.5) is 10.3 Å². The highest BCUT2D eigenvalue weighted by Gasteiger charge is 2.27. The van der Waals surface area contributed by atoms with Crippen molar-refractivity contribution in [1.82, 2.24) is 14.8 Å². The van der Waals surface area contributed by atoms with E-state index in [1.54, 1.807) is 29.4 Å². The normalized spacial score (nSPS) is 14.8. The molecule has 4 rings (SSSR count). The lowest BCUT2D eigenvalue weighted by molar-refractivity contribution is 0.596. The number of thioether (sulfide) groups is 1. The lowest BCUT2D eigenvalue weighted by atomic mass is 10.00. The summed E-state index contributed by atoms with van der Waals surface area (Å²) < 4.78 is 15.9. The number of anilines is 1. The standard InChI is InChI=1S/C22H24ClFN4S/c1-13-4-7-16(11-19(13)24)20(10-15-5-6-15)26-22-25-14(2)28(27-22)21-9-8-17(29-3)12-18(21)23/h4,7-9,11-12,15,20H,5-6,10H2,1-3H3,(H,26,27). The Balaban J connectivity index is 1.61. The lowest BCUT2D eigenvalue weighted by Gasteiger charge is -2.18. The van der Waals surface area contributed by atoms with E-state index in [9.17, 15) is 4.39 Å². The highest BCUT2D eigenvalue weighted by molar-refractivity contribution is 7.98. The predicted molar refractivity (Wildman–Crippen MR) is 118 cm³/mol. The topological polar surface area (TPSA) is 42.7 Å². The van der Waals surface area contributed by atoms with E-state index < -0.39 is 0 Å². The molecule has 1 atom stereocenters. The molecule has 1 unspecified atom stereocenters. The van der Waals surface area contributed by atoms with Crippen LogP contribution in [0.3, 0.4) is 0 Å². The number of aryl methyl sites for hydroxylation is 2. The van der Waals surface area contributed by atoms with Crippen LogP contribution in [0.15, 0.2) is 41.3 Å². The van der Waals surface area contributed by atoms with Gasteiger partial charge in [-0.1, -0.05) is 36.6 Å². The molecule has 0 aliphatic heterocycles. The highest BCUT2D eigenvalue weighted by atomic mass is 35.5. The second-order valence-corrected chi connectivity index (χ2v) is 8.88. The predicted octanol–water partition coefficient (Wildman–Crippen LogP) is 6.35. The van der Waals surface area contributed by atoms with E-state index in [1.807, 2.05) is 43.5 Å². The summed E-state index contributed by atoms with van der Waals surface area (Å²) in [6, 6.07) is 11.3. The summed E-state index contributed by atoms with van der Waals surface area (Å²) in [5, 5.41) is 8.70. The molecule has 1 saturated carbocycles. The van der Waals surface area contributed by atoms with Gasteiger partial charge in [0, 0.05) is 4.90 Å². The average molecular weight is 431 g/mol. The van der Waals surface area contributed by atoms with Gasteiger partial charge in [-0.05, 0) is 67.8 Å². The van der Waals surface area contributed by atoms with Crippen LogP contribution in [0.25, 0.3) is 5.69 Å². The number of rotatable bonds is 7. The largest absolute Gasteiger partial charge is 0.346 e. The second kappa shape index (κ2) is 8.36. The van der Waals surface area contributed by atoms with Gasteiger partial charge in [0.15, 0.2) is 0 Å². The number of nitrogens with one attached hydrogen (secondary N) is 1. The molecule has 0 bridgehead atoms. The Morgan fingerprint density at radius 2 is 2.03 bits per heavy atom. The average Bonchev–Trinajstić information content (AvgIpc) is 3.44. The quantitative estimate of drug-likeness (QED) is 0.443. The van der Waals surface area contributed by atoms with Crippen molar-refractivity contribution in [3.63, 3.8) is 0 Å². The van der Waals surface area contributed by atoms with Crippen LogP contribution in [0, 0.1) is 25.6 Å². The summed E-state index contributed by atoms with van der Waals surface area (Å²) in [6.45, 7) is 3.68. The maximum Gasteiger partial charge on any atom is 0.243 e. The first-order valence-electron chi connectivity index (χ1n) is 9.74. The Morgan fingerprint density at radius 1 is 1.24 bits per heavy atom. The molecule has 1 heterocycles. The Hall–Kier alpha value is -2.05. The van der Waals surface area contributed by atoms with Crippen molar-refractivity contribution in [1.29, 1.82) is 0 Å². The molecule has 1 N–H and O–H groups in total. The molecule has 0 saturated heterocycles. The van der Waals surface area contributed by atoms with Crippen molar-refractivity contribution in [2.24, 2.45) is 5.92 Å². The second-order valence-electron chi connectivity index (χ2n) is 7.60. The fourth-order valence-electron chi connectivity index (χ4n) is 3.41. The summed E-state index contributed by atoms with van der Waals surface area (Å²) in [6.07, 6.45) is 5.41. The van der Waals surface area contributed by atoms with E-state index in [4.69, 9.17) is 11.6 Å². The van der Waals surface area contributed by atoms with Gasteiger partial charge in [0.2, 0.25) is 5.95 Å². The van der Waals surface area contributed by atoms with Gasteiger partial charge in [-0.25, -0.2) is 9.07 Å². The first-order valence-corrected chi connectivity index (χ1v) is 11.3. The van der Waals surface area contributed by atoms with Crippen molar-refractivity contribution in [3.05, 3.63) is 64.2 Å². The van der Waals surface area contributed by atoms with Gasteiger partial charge in [-0.2, -0.15) is 4.98 Å². The molecule has 0 spiro atoms. The molecular formula is C22H24ClFN4S. The molecule has 3 aromatic rings. The minimum atomic E-state index is -0.180. The zero-order valence-corrected chi connectivity index (χ0v) is 18.3. The molecule has 0 radical (unpaired) electrons. The first-order chi connectivity index (χ1) is 13.9. The Morgan fingerprint density at radius 3 is 2.69 bits per heavy atom. The van der Waals surface area contributed by atoms with Gasteiger partial charge in [-0.3, -0.25) is 0 Å². The van der Waals surface area contributed by atoms with Crippen LogP contribution in [0.5, 0.6) is 0 Å². The molecule has 7 heteroatoms. The zero-order valence-electron chi connectivity index (χ0n) is 16.7. The van der Waals surface area contributed by atoms with E-state index in [-0.39, 0.29) is 11.9 Å². The third-order valence-corrected chi connectivity index (χ3v) is 6.35. The maximum atomic E-state index is 14.1. The number of aromatic nitrogens is 3. The van der Waals surface area contributed by atoms with Crippen LogP contribution in [-0.2, 0) is 0 Å². The molecule has 29 heavy (non-hydrogen) atoms. The van der Waals surface area contributed by atoms with Crippen LogP contribution in [0.1, 0.15) is 42.3 Å². The van der Waals surface area contributed by atoms with Crippen molar-refractivity contribution in [3.8, 4) is 5.69 Å². The fourth-order valence-corrected chi connectivity index (χ4v) is 4.18. The van der Waals surface area contributed by atoms with E-state index in [2.05, 4.69) is 15.4 Å². The van der Waals surface area contributed by atoms with Gasteiger partial charge in [0.05, 0.1) is 16.8 Å². The van der Waals surface area contributed by atoms with Gasteiger partial charge >= 0.3 is 0 Å². The highest BCUT2D eigenvalue weighted by Crippen LogP contribution is 2.39. The molecule has 1 aromatic heterocycles. The van der Waals surface area contributed by atoms with Crippen molar-refractivity contribution >= 4 is 29.3 Å². The Labute approximate surface area is 179 Å². The van der Waals surface area contributed by atoms with Gasteiger partial charge in [0.1, 0.15) is 11.6 Å². The van der Waals surface area contributed by atoms with E-state index >= 15 is 0 Å². The molecule has 1 fully saturated rings.